The molecule has 90 valence electrons. The molecule has 0 aliphatic heterocycles. The Bertz CT molecular complexity index is 701. The summed E-state index contributed by atoms with van der Waals surface area (Å²) in [5, 5.41) is 1.15. The van der Waals surface area contributed by atoms with Crippen LogP contribution in [0.1, 0.15) is 11.1 Å². The third kappa shape index (κ3) is 1.74. The SMILES string of the molecule is Nc1c(F)cccc1Cc1c[nH]c2ccccc12. The van der Waals surface area contributed by atoms with Gasteiger partial charge in [-0.25, -0.2) is 4.39 Å². The van der Waals surface area contributed by atoms with Gasteiger partial charge in [0.25, 0.3) is 0 Å². The molecule has 18 heavy (non-hydrogen) atoms. The fourth-order valence-corrected chi connectivity index (χ4v) is 2.22. The number of halogens is 1. The van der Waals surface area contributed by atoms with E-state index >= 15 is 0 Å². The Morgan fingerprint density at radius 2 is 1.83 bits per heavy atom. The van der Waals surface area contributed by atoms with Crippen LogP contribution in [0.2, 0.25) is 0 Å². The van der Waals surface area contributed by atoms with Crippen LogP contribution in [0, 0.1) is 5.82 Å². The lowest BCUT2D eigenvalue weighted by atomic mass is 10.0. The van der Waals surface area contributed by atoms with E-state index in [1.807, 2.05) is 30.5 Å². The van der Waals surface area contributed by atoms with Crippen LogP contribution in [-0.2, 0) is 6.42 Å². The van der Waals surface area contributed by atoms with Crippen LogP contribution in [0.25, 0.3) is 10.9 Å². The van der Waals surface area contributed by atoms with Crippen LogP contribution in [0.4, 0.5) is 10.1 Å². The van der Waals surface area contributed by atoms with Crippen LogP contribution in [-0.4, -0.2) is 4.98 Å². The van der Waals surface area contributed by atoms with Crippen molar-refractivity contribution in [2.45, 2.75) is 6.42 Å². The minimum Gasteiger partial charge on any atom is -0.396 e. The van der Waals surface area contributed by atoms with Crippen molar-refractivity contribution in [1.82, 2.24) is 4.98 Å². The summed E-state index contributed by atoms with van der Waals surface area (Å²) in [6.07, 6.45) is 2.59. The summed E-state index contributed by atoms with van der Waals surface area (Å²) in [5.74, 6) is -0.354. The van der Waals surface area contributed by atoms with E-state index in [1.165, 1.54) is 6.07 Å². The Labute approximate surface area is 104 Å². The fraction of sp³-hybridized carbons (Fsp3) is 0.0667. The Kier molecular flexibility index (Phi) is 2.52. The Balaban J connectivity index is 2.04. The number of para-hydroxylation sites is 2. The number of benzene rings is 2. The fourth-order valence-electron chi connectivity index (χ4n) is 2.22. The molecule has 1 aromatic heterocycles. The quantitative estimate of drug-likeness (QED) is 0.661. The molecule has 0 saturated heterocycles. The van der Waals surface area contributed by atoms with E-state index in [1.54, 1.807) is 6.07 Å². The first kappa shape index (κ1) is 10.8. The van der Waals surface area contributed by atoms with Gasteiger partial charge in [-0.05, 0) is 23.3 Å². The Morgan fingerprint density at radius 3 is 2.72 bits per heavy atom. The number of anilines is 1. The van der Waals surface area contributed by atoms with Crippen LogP contribution in [0.5, 0.6) is 0 Å². The van der Waals surface area contributed by atoms with Crippen molar-refractivity contribution in [2.75, 3.05) is 5.73 Å². The molecule has 0 atom stereocenters. The van der Waals surface area contributed by atoms with Crippen LogP contribution >= 0.6 is 0 Å². The molecule has 0 aliphatic rings. The Morgan fingerprint density at radius 1 is 1.00 bits per heavy atom. The molecule has 0 saturated carbocycles. The van der Waals surface area contributed by atoms with Crippen molar-refractivity contribution < 1.29 is 4.39 Å². The number of rotatable bonds is 2. The maximum absolute atomic E-state index is 13.4. The highest BCUT2D eigenvalue weighted by atomic mass is 19.1. The predicted molar refractivity (Wildman–Crippen MR) is 71.9 cm³/mol. The zero-order chi connectivity index (χ0) is 12.5. The Hall–Kier alpha value is -2.29. The first-order valence-corrected chi connectivity index (χ1v) is 5.83. The number of H-pyrrole nitrogens is 1. The first-order chi connectivity index (χ1) is 8.75. The highest BCUT2D eigenvalue weighted by molar-refractivity contribution is 5.83. The summed E-state index contributed by atoms with van der Waals surface area (Å²) in [6.45, 7) is 0. The molecule has 0 spiro atoms. The zero-order valence-electron chi connectivity index (χ0n) is 9.78. The average molecular weight is 240 g/mol. The molecule has 2 aromatic carbocycles. The smallest absolute Gasteiger partial charge is 0.146 e. The van der Waals surface area contributed by atoms with Gasteiger partial charge in [0.15, 0.2) is 0 Å². The molecule has 0 radical (unpaired) electrons. The summed E-state index contributed by atoms with van der Waals surface area (Å²) in [7, 11) is 0. The lowest BCUT2D eigenvalue weighted by molar-refractivity contribution is 0.631. The van der Waals surface area contributed by atoms with Crippen molar-refractivity contribution >= 4 is 16.6 Å². The zero-order valence-corrected chi connectivity index (χ0v) is 9.78. The molecule has 3 heteroatoms. The number of nitrogens with two attached hydrogens (primary N) is 1. The lowest BCUT2D eigenvalue weighted by Crippen LogP contribution is -1.98. The van der Waals surface area contributed by atoms with Gasteiger partial charge < -0.3 is 10.7 Å². The standard InChI is InChI=1S/C15H13FN2/c16-13-6-3-4-10(15(13)17)8-11-9-18-14-7-2-1-5-12(11)14/h1-7,9,18H,8,17H2. The van der Waals surface area contributed by atoms with Crippen LogP contribution < -0.4 is 5.73 Å². The minimum absolute atomic E-state index is 0.239. The van der Waals surface area contributed by atoms with E-state index < -0.39 is 0 Å². The van der Waals surface area contributed by atoms with Gasteiger partial charge in [-0.2, -0.15) is 0 Å². The minimum atomic E-state index is -0.354. The predicted octanol–water partition coefficient (Wildman–Crippen LogP) is 3.48. The van der Waals surface area contributed by atoms with E-state index in [4.69, 9.17) is 5.73 Å². The van der Waals surface area contributed by atoms with Crippen molar-refractivity contribution in [3.8, 4) is 0 Å². The largest absolute Gasteiger partial charge is 0.396 e. The van der Waals surface area contributed by atoms with E-state index in [0.29, 0.717) is 6.42 Å². The number of hydrogen-bond acceptors (Lipinski definition) is 1. The topological polar surface area (TPSA) is 41.8 Å². The molecule has 0 fully saturated rings. The van der Waals surface area contributed by atoms with E-state index in [-0.39, 0.29) is 11.5 Å². The van der Waals surface area contributed by atoms with Gasteiger partial charge in [0.1, 0.15) is 5.82 Å². The lowest BCUT2D eigenvalue weighted by Gasteiger charge is -2.05. The molecule has 3 rings (SSSR count). The molecule has 0 aliphatic carbocycles. The molecular weight excluding hydrogens is 227 g/mol. The summed E-state index contributed by atoms with van der Waals surface area (Å²) in [5.41, 5.74) is 9.03. The third-order valence-corrected chi connectivity index (χ3v) is 3.20. The van der Waals surface area contributed by atoms with Gasteiger partial charge in [0, 0.05) is 23.5 Å². The number of fused-ring (bicyclic) bond motifs is 1. The van der Waals surface area contributed by atoms with Gasteiger partial charge in [0.2, 0.25) is 0 Å². The van der Waals surface area contributed by atoms with Crippen molar-refractivity contribution in [1.29, 1.82) is 0 Å². The number of aromatic amines is 1. The molecule has 3 N–H and O–H groups in total. The maximum Gasteiger partial charge on any atom is 0.146 e. The second-order valence-electron chi connectivity index (χ2n) is 4.35. The second kappa shape index (κ2) is 4.18. The van der Waals surface area contributed by atoms with E-state index in [0.717, 1.165) is 22.0 Å². The number of aromatic nitrogens is 1. The second-order valence-corrected chi connectivity index (χ2v) is 4.35. The van der Waals surface area contributed by atoms with Crippen molar-refractivity contribution in [3.05, 3.63) is 65.6 Å². The summed E-state index contributed by atoms with van der Waals surface area (Å²) in [6, 6.07) is 13.0. The van der Waals surface area contributed by atoms with Gasteiger partial charge in [0.05, 0.1) is 5.69 Å². The molecule has 0 bridgehead atoms. The molecule has 0 amide bonds. The first-order valence-electron chi connectivity index (χ1n) is 5.83. The summed E-state index contributed by atoms with van der Waals surface area (Å²) >= 11 is 0. The molecule has 3 aromatic rings. The number of hydrogen-bond donors (Lipinski definition) is 2. The molecule has 0 unspecified atom stereocenters. The third-order valence-electron chi connectivity index (χ3n) is 3.20. The van der Waals surface area contributed by atoms with Crippen LogP contribution in [0.15, 0.2) is 48.7 Å². The molecule has 1 heterocycles. The highest BCUT2D eigenvalue weighted by Gasteiger charge is 2.08. The highest BCUT2D eigenvalue weighted by Crippen LogP contribution is 2.24. The monoisotopic (exact) mass is 240 g/mol. The van der Waals surface area contributed by atoms with Gasteiger partial charge in [-0.1, -0.05) is 30.3 Å². The average Bonchev–Trinajstić information content (AvgIpc) is 2.79. The van der Waals surface area contributed by atoms with Crippen molar-refractivity contribution in [3.63, 3.8) is 0 Å². The maximum atomic E-state index is 13.4. The van der Waals surface area contributed by atoms with Gasteiger partial charge >= 0.3 is 0 Å². The molecule has 2 nitrogen and oxygen atoms in total. The number of nitrogen functional groups attached to an aromatic ring is 1. The normalized spacial score (nSPS) is 10.9. The van der Waals surface area contributed by atoms with E-state index in [2.05, 4.69) is 11.1 Å². The summed E-state index contributed by atoms with van der Waals surface area (Å²) < 4.78 is 13.4. The molecular formula is C15H13FN2. The van der Waals surface area contributed by atoms with Gasteiger partial charge in [-0.3, -0.25) is 0 Å². The van der Waals surface area contributed by atoms with Crippen LogP contribution in [0.3, 0.4) is 0 Å². The van der Waals surface area contributed by atoms with E-state index in [9.17, 15) is 4.39 Å². The van der Waals surface area contributed by atoms with Gasteiger partial charge in [-0.15, -0.1) is 0 Å². The summed E-state index contributed by atoms with van der Waals surface area (Å²) in [4.78, 5) is 3.21. The van der Waals surface area contributed by atoms with Crippen molar-refractivity contribution in [2.24, 2.45) is 0 Å². The number of nitrogens with one attached hydrogen (secondary N) is 1.